The van der Waals surface area contributed by atoms with Gasteiger partial charge in [-0.25, -0.2) is 18.9 Å². The highest BCUT2D eigenvalue weighted by Crippen LogP contribution is 2.18. The number of nitrogens with two attached hydrogens (primary N) is 1. The molecule has 0 unspecified atom stereocenters. The number of rotatable bonds is 4. The lowest BCUT2D eigenvalue weighted by atomic mass is 10.2. The maximum absolute atomic E-state index is 12.8. The molecule has 0 aliphatic carbocycles. The predicted molar refractivity (Wildman–Crippen MR) is 94.7 cm³/mol. The van der Waals surface area contributed by atoms with Gasteiger partial charge >= 0.3 is 5.69 Å². The highest BCUT2D eigenvalue weighted by atomic mass is 16.2. The molecule has 4 rings (SSSR count). The van der Waals surface area contributed by atoms with Crippen LogP contribution in [0.4, 0.5) is 5.82 Å². The fourth-order valence-electron chi connectivity index (χ4n) is 2.89. The van der Waals surface area contributed by atoms with Crippen LogP contribution in [0.5, 0.6) is 0 Å². The minimum absolute atomic E-state index is 0.158. The number of anilines is 1. The Labute approximate surface area is 142 Å². The summed E-state index contributed by atoms with van der Waals surface area (Å²) in [4.78, 5) is 28.0. The molecule has 0 saturated carbocycles. The number of aromatic nitrogens is 4. The summed E-state index contributed by atoms with van der Waals surface area (Å²) in [5, 5.41) is 4.33. The first kappa shape index (κ1) is 15.1. The van der Waals surface area contributed by atoms with Crippen molar-refractivity contribution >= 4 is 28.8 Å². The molecule has 25 heavy (non-hydrogen) atoms. The molecule has 7 heteroatoms. The largest absolute Gasteiger partial charge is 0.381 e. The van der Waals surface area contributed by atoms with Crippen LogP contribution in [0.15, 0.2) is 53.3 Å². The zero-order chi connectivity index (χ0) is 17.4. The van der Waals surface area contributed by atoms with Crippen molar-refractivity contribution in [1.82, 2.24) is 19.2 Å². The van der Waals surface area contributed by atoms with Gasteiger partial charge in [-0.05, 0) is 30.2 Å². The lowest BCUT2D eigenvalue weighted by Gasteiger charge is -2.02. The van der Waals surface area contributed by atoms with Crippen LogP contribution in [-0.4, -0.2) is 25.5 Å². The topological polar surface area (TPSA) is 95.3 Å². The molecule has 4 aromatic rings. The average molecular weight is 333 g/mol. The van der Waals surface area contributed by atoms with Crippen molar-refractivity contribution in [3.05, 3.63) is 70.1 Å². The Bertz CT molecular complexity index is 1150. The third-order valence-electron chi connectivity index (χ3n) is 4.14. The van der Waals surface area contributed by atoms with Crippen molar-refractivity contribution in [2.24, 2.45) is 0 Å². The van der Waals surface area contributed by atoms with Gasteiger partial charge in [0.05, 0.1) is 17.6 Å². The number of aldehydes is 1. The van der Waals surface area contributed by atoms with E-state index in [9.17, 15) is 9.59 Å². The van der Waals surface area contributed by atoms with Gasteiger partial charge in [-0.15, -0.1) is 5.10 Å². The average Bonchev–Trinajstić information content (AvgIpc) is 2.98. The number of hydrogen-bond acceptors (Lipinski definition) is 5. The summed E-state index contributed by atoms with van der Waals surface area (Å²) in [6.45, 7) is 0.442. The van der Waals surface area contributed by atoms with E-state index in [0.717, 1.165) is 11.8 Å². The van der Waals surface area contributed by atoms with Gasteiger partial charge in [-0.2, -0.15) is 0 Å². The predicted octanol–water partition coefficient (Wildman–Crippen LogP) is 1.68. The van der Waals surface area contributed by atoms with E-state index in [1.165, 1.54) is 9.08 Å². The molecular formula is C18H15N5O2. The second-order valence-corrected chi connectivity index (χ2v) is 5.76. The standard InChI is InChI=1S/C18H15N5O2/c19-16-17-21-22(9-8-12-4-2-1-3-5-12)18(25)23(17)15-7-6-13(11-24)10-14(15)20-16/h1-7,10-11H,8-9H2,(H2,19,20). The lowest BCUT2D eigenvalue weighted by Crippen LogP contribution is -2.22. The number of benzene rings is 2. The Kier molecular flexibility index (Phi) is 3.53. The fraction of sp³-hybridized carbons (Fsp3) is 0.111. The number of nitrogens with zero attached hydrogens (tertiary/aromatic N) is 4. The molecule has 0 spiro atoms. The number of hydrogen-bond donors (Lipinski definition) is 1. The summed E-state index contributed by atoms with van der Waals surface area (Å²) in [6, 6.07) is 14.8. The van der Waals surface area contributed by atoms with E-state index in [0.29, 0.717) is 35.2 Å². The lowest BCUT2D eigenvalue weighted by molar-refractivity contribution is 0.112. The van der Waals surface area contributed by atoms with Gasteiger partial charge in [0.1, 0.15) is 6.29 Å². The van der Waals surface area contributed by atoms with Gasteiger partial charge in [0.2, 0.25) is 5.65 Å². The van der Waals surface area contributed by atoms with Crippen LogP contribution in [0.2, 0.25) is 0 Å². The summed E-state index contributed by atoms with van der Waals surface area (Å²) in [5.41, 5.74) is 8.68. The highest BCUT2D eigenvalue weighted by Gasteiger charge is 2.14. The van der Waals surface area contributed by atoms with E-state index in [2.05, 4.69) is 10.1 Å². The van der Waals surface area contributed by atoms with Crippen molar-refractivity contribution in [1.29, 1.82) is 0 Å². The molecule has 0 radical (unpaired) electrons. The molecule has 0 saturated heterocycles. The van der Waals surface area contributed by atoms with Crippen molar-refractivity contribution in [3.63, 3.8) is 0 Å². The molecule has 0 atom stereocenters. The number of carbonyl (C=O) groups is 1. The SMILES string of the molecule is Nc1nc2cc(C=O)ccc2n2c(=O)n(CCc3ccccc3)nc12. The van der Waals surface area contributed by atoms with Gasteiger partial charge in [-0.1, -0.05) is 30.3 Å². The second kappa shape index (κ2) is 5.86. The Morgan fingerprint density at radius 1 is 1.12 bits per heavy atom. The molecule has 2 aromatic heterocycles. The van der Waals surface area contributed by atoms with Gasteiger partial charge in [0, 0.05) is 5.56 Å². The zero-order valence-corrected chi connectivity index (χ0v) is 13.3. The molecule has 0 aliphatic heterocycles. The van der Waals surface area contributed by atoms with Gasteiger partial charge in [0.15, 0.2) is 5.82 Å². The number of carbonyl (C=O) groups excluding carboxylic acids is 1. The second-order valence-electron chi connectivity index (χ2n) is 5.76. The van der Waals surface area contributed by atoms with E-state index in [-0.39, 0.29) is 11.5 Å². The summed E-state index contributed by atoms with van der Waals surface area (Å²) in [5.74, 6) is 0.158. The molecule has 7 nitrogen and oxygen atoms in total. The van der Waals surface area contributed by atoms with Crippen molar-refractivity contribution in [2.75, 3.05) is 5.73 Å². The number of fused-ring (bicyclic) bond motifs is 3. The maximum atomic E-state index is 12.8. The van der Waals surface area contributed by atoms with E-state index < -0.39 is 0 Å². The molecule has 0 amide bonds. The van der Waals surface area contributed by atoms with Crippen molar-refractivity contribution in [2.45, 2.75) is 13.0 Å². The van der Waals surface area contributed by atoms with Crippen LogP contribution in [0.25, 0.3) is 16.7 Å². The van der Waals surface area contributed by atoms with E-state index in [4.69, 9.17) is 5.73 Å². The number of nitrogen functional groups attached to an aromatic ring is 1. The molecule has 0 bridgehead atoms. The third-order valence-corrected chi connectivity index (χ3v) is 4.14. The van der Waals surface area contributed by atoms with Crippen LogP contribution >= 0.6 is 0 Å². The van der Waals surface area contributed by atoms with Crippen molar-refractivity contribution in [3.8, 4) is 0 Å². The van der Waals surface area contributed by atoms with Crippen LogP contribution < -0.4 is 11.4 Å². The molecule has 124 valence electrons. The van der Waals surface area contributed by atoms with Gasteiger partial charge in [0.25, 0.3) is 0 Å². The zero-order valence-electron chi connectivity index (χ0n) is 13.3. The van der Waals surface area contributed by atoms with E-state index in [1.807, 2.05) is 30.3 Å². The quantitative estimate of drug-likeness (QED) is 0.573. The smallest absolute Gasteiger partial charge is 0.351 e. The Morgan fingerprint density at radius 3 is 2.68 bits per heavy atom. The van der Waals surface area contributed by atoms with Gasteiger partial charge < -0.3 is 5.73 Å². The molecule has 2 aromatic carbocycles. The normalized spacial score (nSPS) is 11.2. The van der Waals surface area contributed by atoms with Crippen LogP contribution in [0.1, 0.15) is 15.9 Å². The highest BCUT2D eigenvalue weighted by molar-refractivity contribution is 5.87. The Balaban J connectivity index is 1.83. The van der Waals surface area contributed by atoms with Crippen molar-refractivity contribution < 1.29 is 4.79 Å². The summed E-state index contributed by atoms with van der Waals surface area (Å²) in [6.07, 6.45) is 1.42. The van der Waals surface area contributed by atoms with Crippen LogP contribution in [-0.2, 0) is 13.0 Å². The fourth-order valence-corrected chi connectivity index (χ4v) is 2.89. The maximum Gasteiger partial charge on any atom is 0.351 e. The Hall–Kier alpha value is -3.48. The van der Waals surface area contributed by atoms with Crippen LogP contribution in [0, 0.1) is 0 Å². The van der Waals surface area contributed by atoms with Gasteiger partial charge in [-0.3, -0.25) is 4.79 Å². The molecule has 0 fully saturated rings. The first-order valence-electron chi connectivity index (χ1n) is 7.85. The summed E-state index contributed by atoms with van der Waals surface area (Å²) >= 11 is 0. The molecule has 2 N–H and O–H groups in total. The molecule has 2 heterocycles. The molecule has 0 aliphatic rings. The summed E-state index contributed by atoms with van der Waals surface area (Å²) < 4.78 is 2.84. The minimum atomic E-state index is -0.274. The van der Waals surface area contributed by atoms with Crippen LogP contribution in [0.3, 0.4) is 0 Å². The minimum Gasteiger partial charge on any atom is -0.381 e. The third kappa shape index (κ3) is 2.55. The van der Waals surface area contributed by atoms with E-state index in [1.54, 1.807) is 18.2 Å². The first-order valence-corrected chi connectivity index (χ1v) is 7.85. The first-order chi connectivity index (χ1) is 12.2. The molecular weight excluding hydrogens is 318 g/mol. The summed E-state index contributed by atoms with van der Waals surface area (Å²) in [7, 11) is 0. The van der Waals surface area contributed by atoms with E-state index >= 15 is 0 Å². The number of aryl methyl sites for hydroxylation is 2. The monoisotopic (exact) mass is 333 g/mol. The Morgan fingerprint density at radius 2 is 1.92 bits per heavy atom.